The van der Waals surface area contributed by atoms with Crippen molar-refractivity contribution < 1.29 is 0 Å². The van der Waals surface area contributed by atoms with E-state index in [0.717, 1.165) is 12.5 Å². The van der Waals surface area contributed by atoms with Crippen LogP contribution in [0, 0.1) is 5.92 Å². The molecule has 0 saturated heterocycles. The van der Waals surface area contributed by atoms with Gasteiger partial charge in [0.1, 0.15) is 5.82 Å². The van der Waals surface area contributed by atoms with E-state index in [1.54, 1.807) is 0 Å². The molecule has 0 radical (unpaired) electrons. The molecule has 0 spiro atoms. The fraction of sp³-hybridized carbons (Fsp3) is 0.714. The molecule has 106 valence electrons. The van der Waals surface area contributed by atoms with Crippen LogP contribution in [-0.2, 0) is 0 Å². The molecule has 2 rings (SSSR count). The highest BCUT2D eigenvalue weighted by Gasteiger charge is 2.36. The molecule has 0 bridgehead atoms. The Bertz CT molecular complexity index is 471. The Labute approximate surface area is 114 Å². The van der Waals surface area contributed by atoms with Gasteiger partial charge in [0.05, 0.1) is 6.33 Å². The van der Waals surface area contributed by atoms with E-state index in [1.165, 1.54) is 38.1 Å². The maximum Gasteiger partial charge on any atom is 0.252 e. The summed E-state index contributed by atoms with van der Waals surface area (Å²) in [6, 6.07) is 1.51. The molecule has 1 saturated carbocycles. The van der Waals surface area contributed by atoms with E-state index in [9.17, 15) is 4.79 Å². The second-order valence-electron chi connectivity index (χ2n) is 5.97. The molecule has 1 aromatic heterocycles. The van der Waals surface area contributed by atoms with E-state index in [4.69, 9.17) is 0 Å². The topological polar surface area (TPSA) is 61.0 Å². The Morgan fingerprint density at radius 3 is 3.00 bits per heavy atom. The van der Waals surface area contributed by atoms with E-state index >= 15 is 0 Å². The highest BCUT2D eigenvalue weighted by Crippen LogP contribution is 2.35. The summed E-state index contributed by atoms with van der Waals surface area (Å²) in [5, 5.41) is 3.33. The van der Waals surface area contributed by atoms with Crippen LogP contribution >= 0.6 is 0 Å². The molecule has 0 amide bonds. The highest BCUT2D eigenvalue weighted by atomic mass is 16.1. The molecule has 0 aromatic carbocycles. The van der Waals surface area contributed by atoms with Crippen molar-refractivity contribution in [1.29, 1.82) is 0 Å². The fourth-order valence-corrected chi connectivity index (χ4v) is 3.08. The summed E-state index contributed by atoms with van der Waals surface area (Å²) in [6.07, 6.45) is 6.41. The lowest BCUT2D eigenvalue weighted by molar-refractivity contribution is 0.0881. The second kappa shape index (κ2) is 5.74. The smallest absolute Gasteiger partial charge is 0.252 e. The Balaban J connectivity index is 2.07. The average molecular weight is 264 g/mol. The van der Waals surface area contributed by atoms with E-state index in [-0.39, 0.29) is 11.1 Å². The first kappa shape index (κ1) is 14.1. The van der Waals surface area contributed by atoms with Crippen LogP contribution in [0.2, 0.25) is 0 Å². The van der Waals surface area contributed by atoms with E-state index < -0.39 is 0 Å². The number of likely N-dealkylation sites (N-methyl/N-ethyl adjacent to an activating group) is 1. The lowest BCUT2D eigenvalue weighted by atomic mass is 9.75. The summed E-state index contributed by atoms with van der Waals surface area (Å²) in [4.78, 5) is 20.3. The van der Waals surface area contributed by atoms with Crippen LogP contribution < -0.4 is 10.9 Å². The molecule has 1 aliphatic rings. The van der Waals surface area contributed by atoms with Crippen molar-refractivity contribution >= 4 is 5.82 Å². The summed E-state index contributed by atoms with van der Waals surface area (Å²) in [5.74, 6) is 1.41. The third-order valence-electron chi connectivity index (χ3n) is 4.29. The maximum absolute atomic E-state index is 11.3. The number of nitrogens with one attached hydrogen (secondary N) is 2. The average Bonchev–Trinajstić information content (AvgIpc) is 2.36. The number of aromatic nitrogens is 2. The lowest BCUT2D eigenvalue weighted by Gasteiger charge is -2.45. The van der Waals surface area contributed by atoms with E-state index in [2.05, 4.69) is 41.2 Å². The molecule has 19 heavy (non-hydrogen) atoms. The van der Waals surface area contributed by atoms with Gasteiger partial charge in [-0.1, -0.05) is 19.8 Å². The van der Waals surface area contributed by atoms with Crippen LogP contribution in [0.1, 0.15) is 32.6 Å². The van der Waals surface area contributed by atoms with Crippen LogP contribution in [-0.4, -0.2) is 41.0 Å². The fourth-order valence-electron chi connectivity index (χ4n) is 3.08. The molecule has 1 fully saturated rings. The van der Waals surface area contributed by atoms with Gasteiger partial charge in [-0.3, -0.25) is 4.79 Å². The van der Waals surface area contributed by atoms with Crippen molar-refractivity contribution in [1.82, 2.24) is 14.9 Å². The zero-order valence-electron chi connectivity index (χ0n) is 12.1. The summed E-state index contributed by atoms with van der Waals surface area (Å²) in [7, 11) is 4.29. The lowest BCUT2D eigenvalue weighted by Crippen LogP contribution is -2.52. The van der Waals surface area contributed by atoms with Crippen LogP contribution in [0.5, 0.6) is 0 Å². The van der Waals surface area contributed by atoms with Crippen LogP contribution in [0.3, 0.4) is 0 Å². The minimum Gasteiger partial charge on any atom is -0.368 e. The molecular weight excluding hydrogens is 240 g/mol. The zero-order valence-corrected chi connectivity index (χ0v) is 12.1. The number of H-pyrrole nitrogens is 1. The maximum atomic E-state index is 11.3. The van der Waals surface area contributed by atoms with E-state index in [1.807, 2.05) is 0 Å². The number of hydrogen-bond acceptors (Lipinski definition) is 4. The predicted molar refractivity (Wildman–Crippen MR) is 77.4 cm³/mol. The zero-order chi connectivity index (χ0) is 13.9. The van der Waals surface area contributed by atoms with Crippen molar-refractivity contribution in [3.63, 3.8) is 0 Å². The van der Waals surface area contributed by atoms with Gasteiger partial charge < -0.3 is 15.2 Å². The summed E-state index contributed by atoms with van der Waals surface area (Å²) in [5.41, 5.74) is 0.0514. The molecule has 1 aliphatic carbocycles. The molecule has 2 atom stereocenters. The largest absolute Gasteiger partial charge is 0.368 e. The Hall–Kier alpha value is -1.36. The quantitative estimate of drug-likeness (QED) is 0.869. The van der Waals surface area contributed by atoms with Crippen LogP contribution in [0.25, 0.3) is 0 Å². The summed E-state index contributed by atoms with van der Waals surface area (Å²) in [6.45, 7) is 3.16. The monoisotopic (exact) mass is 264 g/mol. The van der Waals surface area contributed by atoms with E-state index in [0.29, 0.717) is 5.82 Å². The number of rotatable bonds is 4. The minimum absolute atomic E-state index is 0.117. The van der Waals surface area contributed by atoms with Crippen LogP contribution in [0.15, 0.2) is 17.2 Å². The molecule has 5 heteroatoms. The number of anilines is 1. The van der Waals surface area contributed by atoms with Crippen molar-refractivity contribution in [3.05, 3.63) is 22.7 Å². The summed E-state index contributed by atoms with van der Waals surface area (Å²) < 4.78 is 0. The first-order valence-electron chi connectivity index (χ1n) is 6.98. The van der Waals surface area contributed by atoms with Crippen molar-refractivity contribution in [2.45, 2.75) is 38.1 Å². The van der Waals surface area contributed by atoms with Crippen molar-refractivity contribution in [2.75, 3.05) is 26.0 Å². The minimum atomic E-state index is -0.117. The molecule has 2 unspecified atom stereocenters. The molecule has 1 aromatic rings. The van der Waals surface area contributed by atoms with Gasteiger partial charge in [-0.05, 0) is 32.9 Å². The van der Waals surface area contributed by atoms with Gasteiger partial charge >= 0.3 is 0 Å². The van der Waals surface area contributed by atoms with Gasteiger partial charge in [0.25, 0.3) is 5.56 Å². The molecular formula is C14H24N4O. The Kier molecular flexibility index (Phi) is 4.24. The third-order valence-corrected chi connectivity index (χ3v) is 4.29. The Morgan fingerprint density at radius 1 is 1.58 bits per heavy atom. The summed E-state index contributed by atoms with van der Waals surface area (Å²) >= 11 is 0. The predicted octanol–water partition coefficient (Wildman–Crippen LogP) is 1.69. The standard InChI is InChI=1S/C14H24N4O/c1-11-5-4-6-14(8-11,18(2)3)9-15-12-7-13(19)17-10-16-12/h7,10-11H,4-6,8-9H2,1-3H3,(H2,15,16,17,19). The van der Waals surface area contributed by atoms with Gasteiger partial charge in [-0.25, -0.2) is 4.98 Å². The van der Waals surface area contributed by atoms with Crippen molar-refractivity contribution in [3.8, 4) is 0 Å². The number of hydrogen-bond donors (Lipinski definition) is 2. The first-order valence-corrected chi connectivity index (χ1v) is 6.98. The third kappa shape index (κ3) is 3.35. The molecule has 5 nitrogen and oxygen atoms in total. The van der Waals surface area contributed by atoms with Gasteiger partial charge in [0.2, 0.25) is 0 Å². The number of nitrogens with zero attached hydrogens (tertiary/aromatic N) is 2. The van der Waals surface area contributed by atoms with Gasteiger partial charge in [-0.15, -0.1) is 0 Å². The first-order chi connectivity index (χ1) is 9.02. The molecule has 0 aliphatic heterocycles. The second-order valence-corrected chi connectivity index (χ2v) is 5.97. The van der Waals surface area contributed by atoms with Crippen LogP contribution in [0.4, 0.5) is 5.82 Å². The molecule has 1 heterocycles. The SMILES string of the molecule is CC1CCCC(CNc2cc(=O)[nH]cn2)(N(C)C)C1. The van der Waals surface area contributed by atoms with Gasteiger partial charge in [-0.2, -0.15) is 0 Å². The van der Waals surface area contributed by atoms with Gasteiger partial charge in [0.15, 0.2) is 0 Å². The number of aromatic amines is 1. The normalized spacial score (nSPS) is 27.5. The van der Waals surface area contributed by atoms with Gasteiger partial charge in [0, 0.05) is 18.2 Å². The highest BCUT2D eigenvalue weighted by molar-refractivity contribution is 5.32. The van der Waals surface area contributed by atoms with Crippen molar-refractivity contribution in [2.24, 2.45) is 5.92 Å². The Morgan fingerprint density at radius 2 is 2.37 bits per heavy atom. The molecule has 2 N–H and O–H groups in total.